The number of aliphatic imine (C=N–C) groups is 6. The van der Waals surface area contributed by atoms with E-state index in [1.807, 2.05) is 70.2 Å². The molecule has 18 nitrogen and oxygen atoms in total. The third kappa shape index (κ3) is 10.8. The number of guanidine groups is 6. The molecular formula is C37H55N15O3. The molecule has 0 bridgehead atoms. The summed E-state index contributed by atoms with van der Waals surface area (Å²) in [5.74, 6) is 4.39. The van der Waals surface area contributed by atoms with Crippen LogP contribution in [0.5, 0.6) is 0 Å². The van der Waals surface area contributed by atoms with Crippen LogP contribution in [-0.4, -0.2) is 154 Å². The average molecular weight is 758 g/mol. The van der Waals surface area contributed by atoms with Gasteiger partial charge in [0.15, 0.2) is 5.96 Å². The minimum Gasteiger partial charge on any atom is -0.472 e. The molecule has 6 rings (SSSR count). The summed E-state index contributed by atoms with van der Waals surface area (Å²) in [4.78, 5) is 39.9. The van der Waals surface area contributed by atoms with Crippen molar-refractivity contribution in [2.75, 3.05) is 75.0 Å². The molecule has 0 aromatic carbocycles. The van der Waals surface area contributed by atoms with Crippen LogP contribution in [0.15, 0.2) is 99.0 Å². The molecule has 3 unspecified atom stereocenters. The molecule has 6 heterocycles. The van der Waals surface area contributed by atoms with Crippen LogP contribution in [0, 0.1) is 0 Å². The Kier molecular flexibility index (Phi) is 13.0. The van der Waals surface area contributed by atoms with E-state index in [-0.39, 0.29) is 18.5 Å². The number of nitrogens with zero attached hydrogens (tertiary/aromatic N) is 11. The highest BCUT2D eigenvalue weighted by Crippen LogP contribution is 2.15. The lowest BCUT2D eigenvalue weighted by atomic mass is 10.2. The van der Waals surface area contributed by atoms with Crippen LogP contribution in [0.25, 0.3) is 0 Å². The van der Waals surface area contributed by atoms with Crippen LogP contribution in [0.2, 0.25) is 0 Å². The first kappa shape index (κ1) is 38.8. The monoisotopic (exact) mass is 757 g/mol. The number of nitrogens with one attached hydrogen (secondary N) is 4. The zero-order chi connectivity index (χ0) is 38.7. The molecule has 0 aliphatic carbocycles. The van der Waals surface area contributed by atoms with E-state index in [1.54, 1.807) is 44.6 Å². The van der Waals surface area contributed by atoms with Crippen molar-refractivity contribution < 1.29 is 13.3 Å². The summed E-state index contributed by atoms with van der Waals surface area (Å²) in [5.41, 5.74) is 3.35. The topological polar surface area (TPSA) is 178 Å². The zero-order valence-corrected chi connectivity index (χ0v) is 32.9. The van der Waals surface area contributed by atoms with Gasteiger partial charge in [-0.15, -0.1) is 0 Å². The molecule has 296 valence electrons. The van der Waals surface area contributed by atoms with Crippen molar-refractivity contribution in [3.63, 3.8) is 0 Å². The molecule has 18 heteroatoms. The average Bonchev–Trinajstić information content (AvgIpc) is 4.00. The van der Waals surface area contributed by atoms with Crippen molar-refractivity contribution in [3.05, 3.63) is 72.5 Å². The Morgan fingerprint density at radius 3 is 1.71 bits per heavy atom. The Balaban J connectivity index is 1.22. The molecule has 3 aromatic heterocycles. The van der Waals surface area contributed by atoms with Crippen molar-refractivity contribution in [2.24, 2.45) is 30.0 Å². The molecule has 0 spiro atoms. The van der Waals surface area contributed by atoms with E-state index < -0.39 is 0 Å². The molecule has 3 aliphatic heterocycles. The number of hydrogen-bond donors (Lipinski definition) is 4. The normalized spacial score (nSPS) is 20.1. The van der Waals surface area contributed by atoms with Crippen molar-refractivity contribution >= 4 is 35.8 Å². The molecule has 3 atom stereocenters. The highest BCUT2D eigenvalue weighted by molar-refractivity contribution is 6.02. The van der Waals surface area contributed by atoms with Gasteiger partial charge >= 0.3 is 0 Å². The van der Waals surface area contributed by atoms with Gasteiger partial charge in [0.1, 0.15) is 18.5 Å². The van der Waals surface area contributed by atoms with E-state index in [9.17, 15) is 0 Å². The summed E-state index contributed by atoms with van der Waals surface area (Å²) < 4.78 is 16.0. The summed E-state index contributed by atoms with van der Waals surface area (Å²) >= 11 is 0. The lowest BCUT2D eigenvalue weighted by Crippen LogP contribution is -2.60. The third-order valence-electron chi connectivity index (χ3n) is 9.32. The Bertz CT molecular complexity index is 1830. The quantitative estimate of drug-likeness (QED) is 0.188. The van der Waals surface area contributed by atoms with Crippen LogP contribution in [0.1, 0.15) is 30.0 Å². The van der Waals surface area contributed by atoms with E-state index in [4.69, 9.17) is 33.2 Å². The minimum absolute atomic E-state index is 0.211. The fourth-order valence-electron chi connectivity index (χ4n) is 6.16. The van der Waals surface area contributed by atoms with Gasteiger partial charge in [0.05, 0.1) is 44.1 Å². The fraction of sp³-hybridized carbons (Fsp3) is 0.514. The van der Waals surface area contributed by atoms with Crippen LogP contribution < -0.4 is 21.3 Å². The van der Waals surface area contributed by atoms with Crippen molar-refractivity contribution in [2.45, 2.75) is 51.1 Å². The van der Waals surface area contributed by atoms with Gasteiger partial charge < -0.3 is 43.1 Å². The smallest absolute Gasteiger partial charge is 0.203 e. The standard InChI is InChI=1S/C37H55N15O3/c1-26-39-33(48(3)4)46-36(40-26)51(16-9-28-13-20-54-24-28)18-11-30-42-34(49(5)6)47-37(43-30)52(17-10-29-14-21-55-25-29)22-31-41-32(38-2)45-35(44-31)50(7)15-8-27-12-19-53-23-27/h12-14,19-21,23-26,30-31H,8-11,15-18,22H2,1-7H3,(H,39,40,46)(H,42,43,47)(H2,38,41,44,45). The summed E-state index contributed by atoms with van der Waals surface area (Å²) in [6, 6.07) is 5.97. The maximum absolute atomic E-state index is 5.41. The molecule has 4 N–H and O–H groups in total. The van der Waals surface area contributed by atoms with E-state index in [1.165, 1.54) is 0 Å². The maximum Gasteiger partial charge on any atom is 0.203 e. The first-order valence-corrected chi connectivity index (χ1v) is 18.7. The van der Waals surface area contributed by atoms with Crippen molar-refractivity contribution in [3.8, 4) is 0 Å². The maximum atomic E-state index is 5.41. The Labute approximate surface area is 322 Å². The van der Waals surface area contributed by atoms with Crippen LogP contribution in [0.4, 0.5) is 0 Å². The second kappa shape index (κ2) is 18.4. The van der Waals surface area contributed by atoms with Crippen molar-refractivity contribution in [1.82, 2.24) is 45.8 Å². The molecule has 3 aliphatic rings. The largest absolute Gasteiger partial charge is 0.472 e. The van der Waals surface area contributed by atoms with Gasteiger partial charge in [-0.05, 0) is 61.1 Å². The van der Waals surface area contributed by atoms with Gasteiger partial charge in [0.25, 0.3) is 0 Å². The summed E-state index contributed by atoms with van der Waals surface area (Å²) in [5, 5.41) is 13.8. The summed E-state index contributed by atoms with van der Waals surface area (Å²) in [6.07, 6.45) is 12.6. The van der Waals surface area contributed by atoms with Crippen LogP contribution in [-0.2, 0) is 19.3 Å². The van der Waals surface area contributed by atoms with Gasteiger partial charge in [0, 0.05) is 74.9 Å². The van der Waals surface area contributed by atoms with Gasteiger partial charge in [-0.3, -0.25) is 20.9 Å². The molecule has 3 aromatic rings. The molecule has 0 saturated carbocycles. The van der Waals surface area contributed by atoms with Crippen LogP contribution >= 0.6 is 0 Å². The van der Waals surface area contributed by atoms with Crippen molar-refractivity contribution in [1.29, 1.82) is 0 Å². The van der Waals surface area contributed by atoms with E-state index in [2.05, 4.69) is 46.0 Å². The number of hydrogen-bond acceptors (Lipinski definition) is 16. The molecule has 55 heavy (non-hydrogen) atoms. The Morgan fingerprint density at radius 2 is 1.15 bits per heavy atom. The van der Waals surface area contributed by atoms with Gasteiger partial charge in [-0.2, -0.15) is 0 Å². The SMILES string of the molecule is CN=C1NC(N(C)CCc2ccoc2)=NC(CN(CCc2ccoc2)C2=NC(CCN(CCc3ccoc3)C3=NC(C)N=C(N(C)C)N3)N=C(N(C)C)N2)N1. The lowest BCUT2D eigenvalue weighted by Gasteiger charge is -2.36. The molecule has 0 radical (unpaired) electrons. The second-order valence-corrected chi connectivity index (χ2v) is 14.1. The number of furan rings is 3. The lowest BCUT2D eigenvalue weighted by molar-refractivity contribution is 0.349. The van der Waals surface area contributed by atoms with Gasteiger partial charge in [-0.25, -0.2) is 25.0 Å². The Morgan fingerprint density at radius 1 is 0.618 bits per heavy atom. The molecular weight excluding hydrogens is 703 g/mol. The van der Waals surface area contributed by atoms with Crippen LogP contribution in [0.3, 0.4) is 0 Å². The predicted octanol–water partition coefficient (Wildman–Crippen LogP) is 1.71. The van der Waals surface area contributed by atoms with E-state index >= 15 is 0 Å². The molecule has 0 fully saturated rings. The molecule has 0 saturated heterocycles. The van der Waals surface area contributed by atoms with E-state index in [0.29, 0.717) is 32.0 Å². The fourth-order valence-corrected chi connectivity index (χ4v) is 6.16. The Hall–Kier alpha value is -5.94. The number of likely N-dealkylation sites (N-methyl/N-ethyl adjacent to an activating group) is 1. The zero-order valence-electron chi connectivity index (χ0n) is 32.9. The number of rotatable bonds is 14. The third-order valence-corrected chi connectivity index (χ3v) is 9.32. The summed E-state index contributed by atoms with van der Waals surface area (Å²) in [7, 11) is 11.7. The summed E-state index contributed by atoms with van der Waals surface area (Å²) in [6.45, 7) is 5.29. The van der Waals surface area contributed by atoms with Gasteiger partial charge in [-0.1, -0.05) is 0 Å². The highest BCUT2D eigenvalue weighted by Gasteiger charge is 2.29. The first-order chi connectivity index (χ1) is 26.6. The second-order valence-electron chi connectivity index (χ2n) is 14.1. The predicted molar refractivity (Wildman–Crippen MR) is 215 cm³/mol. The first-order valence-electron chi connectivity index (χ1n) is 18.7. The van der Waals surface area contributed by atoms with Gasteiger partial charge in [0.2, 0.25) is 29.8 Å². The molecule has 0 amide bonds. The minimum atomic E-state index is -0.355. The van der Waals surface area contributed by atoms with E-state index in [0.717, 1.165) is 78.8 Å². The highest BCUT2D eigenvalue weighted by atomic mass is 16.3.